The fraction of sp³-hybridized carbons (Fsp3) is 0.929. The van der Waals surface area contributed by atoms with Crippen molar-refractivity contribution in [3.63, 3.8) is 0 Å². The van der Waals surface area contributed by atoms with Crippen molar-refractivity contribution >= 4 is 5.91 Å². The van der Waals surface area contributed by atoms with Crippen LogP contribution in [0.1, 0.15) is 46.0 Å². The lowest BCUT2D eigenvalue weighted by atomic mass is 9.78. The van der Waals surface area contributed by atoms with Crippen molar-refractivity contribution in [2.75, 3.05) is 13.2 Å². The summed E-state index contributed by atoms with van der Waals surface area (Å²) >= 11 is 0. The third-order valence-electron chi connectivity index (χ3n) is 4.52. The highest BCUT2D eigenvalue weighted by molar-refractivity contribution is 5.80. The molecule has 2 aliphatic rings. The van der Waals surface area contributed by atoms with Crippen molar-refractivity contribution in [3.8, 4) is 0 Å². The molecular weight excluding hydrogens is 228 g/mol. The maximum absolute atomic E-state index is 12.4. The summed E-state index contributed by atoms with van der Waals surface area (Å²) < 4.78 is 5.35. The highest BCUT2D eigenvalue weighted by Crippen LogP contribution is 2.29. The summed E-state index contributed by atoms with van der Waals surface area (Å²) in [6.45, 7) is 5.81. The van der Waals surface area contributed by atoms with Gasteiger partial charge in [0.05, 0.1) is 5.92 Å². The van der Waals surface area contributed by atoms with Gasteiger partial charge in [-0.1, -0.05) is 6.92 Å². The van der Waals surface area contributed by atoms with Gasteiger partial charge in [-0.05, 0) is 44.9 Å². The smallest absolute Gasteiger partial charge is 0.225 e. The summed E-state index contributed by atoms with van der Waals surface area (Å²) in [6.07, 6.45) is 4.85. The molecule has 3 unspecified atom stereocenters. The van der Waals surface area contributed by atoms with Gasteiger partial charge < -0.3 is 15.8 Å². The second-order valence-corrected chi connectivity index (χ2v) is 6.35. The zero-order chi connectivity index (χ0) is 13.2. The van der Waals surface area contributed by atoms with Crippen LogP contribution in [0.3, 0.4) is 0 Å². The minimum Gasteiger partial charge on any atom is -0.381 e. The molecule has 1 aliphatic heterocycles. The van der Waals surface area contributed by atoms with Gasteiger partial charge in [0.25, 0.3) is 0 Å². The van der Waals surface area contributed by atoms with Crippen molar-refractivity contribution in [1.29, 1.82) is 0 Å². The lowest BCUT2D eigenvalue weighted by molar-refractivity contribution is -0.130. The van der Waals surface area contributed by atoms with Gasteiger partial charge in [-0.25, -0.2) is 0 Å². The summed E-state index contributed by atoms with van der Waals surface area (Å²) in [5.41, 5.74) is 6.00. The number of nitrogens with one attached hydrogen (secondary N) is 1. The first-order chi connectivity index (χ1) is 8.50. The summed E-state index contributed by atoms with van der Waals surface area (Å²) in [5, 5.41) is 3.22. The van der Waals surface area contributed by atoms with E-state index in [2.05, 4.69) is 19.2 Å². The Balaban J connectivity index is 1.93. The van der Waals surface area contributed by atoms with Crippen LogP contribution in [-0.4, -0.2) is 30.7 Å². The summed E-state index contributed by atoms with van der Waals surface area (Å²) in [4.78, 5) is 12.4. The van der Waals surface area contributed by atoms with E-state index < -0.39 is 0 Å². The Morgan fingerprint density at radius 3 is 2.67 bits per heavy atom. The number of carbonyl (C=O) groups is 1. The lowest BCUT2D eigenvalue weighted by Gasteiger charge is -2.38. The van der Waals surface area contributed by atoms with Gasteiger partial charge in [0.2, 0.25) is 5.91 Å². The molecule has 1 saturated carbocycles. The quantitative estimate of drug-likeness (QED) is 0.783. The molecule has 1 saturated heterocycles. The van der Waals surface area contributed by atoms with E-state index in [-0.39, 0.29) is 23.4 Å². The van der Waals surface area contributed by atoms with Gasteiger partial charge in [0, 0.05) is 24.8 Å². The van der Waals surface area contributed by atoms with E-state index in [9.17, 15) is 4.79 Å². The zero-order valence-electron chi connectivity index (χ0n) is 11.6. The molecule has 0 aromatic rings. The third-order valence-corrected chi connectivity index (χ3v) is 4.52. The number of amides is 1. The van der Waals surface area contributed by atoms with Crippen LogP contribution < -0.4 is 11.1 Å². The fourth-order valence-electron chi connectivity index (χ4n) is 3.04. The lowest BCUT2D eigenvalue weighted by Crippen LogP contribution is -2.54. The molecule has 3 N–H and O–H groups in total. The van der Waals surface area contributed by atoms with E-state index in [0.29, 0.717) is 5.92 Å². The Labute approximate surface area is 110 Å². The van der Waals surface area contributed by atoms with Crippen LogP contribution in [0.2, 0.25) is 0 Å². The molecule has 4 heteroatoms. The molecule has 4 nitrogen and oxygen atoms in total. The number of carbonyl (C=O) groups excluding carboxylic acids is 1. The van der Waals surface area contributed by atoms with Crippen molar-refractivity contribution < 1.29 is 9.53 Å². The third kappa shape index (κ3) is 3.23. The van der Waals surface area contributed by atoms with Gasteiger partial charge in [-0.3, -0.25) is 4.79 Å². The van der Waals surface area contributed by atoms with E-state index in [4.69, 9.17) is 10.5 Å². The van der Waals surface area contributed by atoms with Gasteiger partial charge >= 0.3 is 0 Å². The van der Waals surface area contributed by atoms with Crippen LogP contribution in [-0.2, 0) is 9.53 Å². The predicted octanol–water partition coefficient (Wildman–Crippen LogP) is 1.44. The maximum atomic E-state index is 12.4. The number of rotatable bonds is 2. The van der Waals surface area contributed by atoms with Gasteiger partial charge in [0.1, 0.15) is 0 Å². The first-order valence-electron chi connectivity index (χ1n) is 7.15. The Morgan fingerprint density at radius 2 is 2.00 bits per heavy atom. The average Bonchev–Trinajstić information content (AvgIpc) is 2.32. The minimum absolute atomic E-state index is 0.00609. The Morgan fingerprint density at radius 1 is 1.33 bits per heavy atom. The molecule has 1 heterocycles. The van der Waals surface area contributed by atoms with Gasteiger partial charge in [-0.15, -0.1) is 0 Å². The molecule has 0 radical (unpaired) electrons. The minimum atomic E-state index is -0.101. The molecule has 0 spiro atoms. The largest absolute Gasteiger partial charge is 0.381 e. The monoisotopic (exact) mass is 254 g/mol. The highest BCUT2D eigenvalue weighted by atomic mass is 16.5. The molecule has 1 aliphatic carbocycles. The Bertz CT molecular complexity index is 300. The molecule has 0 bridgehead atoms. The molecule has 3 atom stereocenters. The van der Waals surface area contributed by atoms with Crippen LogP contribution in [0.15, 0.2) is 0 Å². The first kappa shape index (κ1) is 13.8. The summed E-state index contributed by atoms with van der Waals surface area (Å²) in [6, 6.07) is 0.0321. The van der Waals surface area contributed by atoms with Crippen molar-refractivity contribution in [3.05, 3.63) is 0 Å². The fourth-order valence-corrected chi connectivity index (χ4v) is 3.04. The van der Waals surface area contributed by atoms with Crippen LogP contribution >= 0.6 is 0 Å². The summed E-state index contributed by atoms with van der Waals surface area (Å²) in [5.74, 6) is 0.759. The molecular formula is C14H26N2O2. The molecule has 2 rings (SSSR count). The van der Waals surface area contributed by atoms with Crippen molar-refractivity contribution in [2.24, 2.45) is 17.6 Å². The number of hydrogen-bond donors (Lipinski definition) is 2. The molecule has 104 valence electrons. The topological polar surface area (TPSA) is 64.4 Å². The summed E-state index contributed by atoms with van der Waals surface area (Å²) in [7, 11) is 0. The van der Waals surface area contributed by atoms with Crippen LogP contribution in [0.4, 0.5) is 0 Å². The van der Waals surface area contributed by atoms with E-state index in [1.807, 2.05) is 0 Å². The van der Waals surface area contributed by atoms with Crippen molar-refractivity contribution in [2.45, 2.75) is 57.5 Å². The number of ether oxygens (including phenoxy) is 1. The predicted molar refractivity (Wildman–Crippen MR) is 71.1 cm³/mol. The van der Waals surface area contributed by atoms with Crippen molar-refractivity contribution in [1.82, 2.24) is 5.32 Å². The highest BCUT2D eigenvalue weighted by Gasteiger charge is 2.36. The van der Waals surface area contributed by atoms with Gasteiger partial charge in [0.15, 0.2) is 0 Å². The van der Waals surface area contributed by atoms with E-state index in [1.165, 1.54) is 0 Å². The van der Waals surface area contributed by atoms with E-state index in [1.54, 1.807) is 0 Å². The second kappa shape index (κ2) is 5.57. The standard InChI is InChI=1S/C14H26N2O2/c1-10-3-4-12(15)11(9-10)13(17)16-14(2)5-7-18-8-6-14/h10-12H,3-9,15H2,1-2H3,(H,16,17). The second-order valence-electron chi connectivity index (χ2n) is 6.35. The Kier molecular flexibility index (Phi) is 4.28. The molecule has 18 heavy (non-hydrogen) atoms. The molecule has 2 fully saturated rings. The number of nitrogens with two attached hydrogens (primary N) is 1. The van der Waals surface area contributed by atoms with Crippen LogP contribution in [0.5, 0.6) is 0 Å². The van der Waals surface area contributed by atoms with Crippen LogP contribution in [0, 0.1) is 11.8 Å². The normalized spacial score (nSPS) is 36.1. The molecule has 0 aromatic heterocycles. The number of hydrogen-bond acceptors (Lipinski definition) is 3. The maximum Gasteiger partial charge on any atom is 0.225 e. The van der Waals surface area contributed by atoms with Crippen LogP contribution in [0.25, 0.3) is 0 Å². The molecule has 1 amide bonds. The average molecular weight is 254 g/mol. The van der Waals surface area contributed by atoms with E-state index in [0.717, 1.165) is 45.3 Å². The van der Waals surface area contributed by atoms with Gasteiger partial charge in [-0.2, -0.15) is 0 Å². The first-order valence-corrected chi connectivity index (χ1v) is 7.15. The SMILES string of the molecule is CC1CCC(N)C(C(=O)NC2(C)CCOCC2)C1. The molecule has 0 aromatic carbocycles. The Hall–Kier alpha value is -0.610. The van der Waals surface area contributed by atoms with E-state index >= 15 is 0 Å². The zero-order valence-corrected chi connectivity index (χ0v) is 11.6.